The van der Waals surface area contributed by atoms with E-state index >= 15 is 0 Å². The van der Waals surface area contributed by atoms with Crippen molar-refractivity contribution in [2.75, 3.05) is 6.61 Å². The molecule has 0 amide bonds. The number of rotatable bonds is 10. The highest BCUT2D eigenvalue weighted by molar-refractivity contribution is 5.89. The highest BCUT2D eigenvalue weighted by Gasteiger charge is 2.49. The Bertz CT molecular complexity index is 2260. The van der Waals surface area contributed by atoms with E-state index < -0.39 is 77.3 Å². The van der Waals surface area contributed by atoms with Crippen molar-refractivity contribution in [2.45, 2.75) is 30.7 Å². The second-order valence-electron chi connectivity index (χ2n) is 12.0. The molecule has 1 aliphatic rings. The summed E-state index contributed by atoms with van der Waals surface area (Å²) in [5.74, 6) is -4.01. The molecule has 1 aliphatic heterocycles. The Morgan fingerprint density at radius 3 is 1.85 bits per heavy atom. The van der Waals surface area contributed by atoms with Crippen LogP contribution in [0.2, 0.25) is 0 Å². The second-order valence-corrected chi connectivity index (χ2v) is 12.0. The predicted molar refractivity (Wildman–Crippen MR) is 189 cm³/mol. The maximum absolute atomic E-state index is 13.9. The lowest BCUT2D eigenvalue weighted by atomic mass is 9.98. The number of benzene rings is 4. The Kier molecular flexibility index (Phi) is 10.8. The number of fused-ring (bicyclic) bond motifs is 1. The molecular weight excluding hydrogens is 708 g/mol. The van der Waals surface area contributed by atoms with E-state index in [-0.39, 0.29) is 34.2 Å². The number of carbonyl (C=O) groups excluding carboxylic acids is 2. The lowest BCUT2D eigenvalue weighted by Crippen LogP contribution is -2.61. The topological polar surface area (TPSA) is 243 Å². The molecule has 2 heterocycles. The van der Waals surface area contributed by atoms with Gasteiger partial charge in [-0.05, 0) is 71.8 Å². The molecule has 6 rings (SSSR count). The van der Waals surface area contributed by atoms with E-state index in [9.17, 15) is 50.1 Å². The normalized spacial score (nSPS) is 19.9. The first kappa shape index (κ1) is 37.0. The molecule has 0 aliphatic carbocycles. The molecule has 15 nitrogen and oxygen atoms in total. The zero-order valence-corrected chi connectivity index (χ0v) is 27.9. The van der Waals surface area contributed by atoms with Crippen LogP contribution in [-0.2, 0) is 23.8 Å². The summed E-state index contributed by atoms with van der Waals surface area (Å²) in [7, 11) is 0. The molecule has 278 valence electrons. The summed E-state index contributed by atoms with van der Waals surface area (Å²) >= 11 is 0. The molecular formula is C39H32O15. The summed E-state index contributed by atoms with van der Waals surface area (Å²) in [6.07, 6.45) is -4.24. The number of aromatic hydroxyl groups is 5. The summed E-state index contributed by atoms with van der Waals surface area (Å²) in [6, 6.07) is 19.0. The molecule has 1 aromatic heterocycles. The number of phenolic OH excluding ortho intramolecular Hbond substituents is 5. The number of hydrogen-bond donors (Lipinski definition) is 7. The summed E-state index contributed by atoms with van der Waals surface area (Å²) in [5.41, 5.74) is 0.00793. The summed E-state index contributed by atoms with van der Waals surface area (Å²) < 4.78 is 28.3. The maximum Gasteiger partial charge on any atom is 0.331 e. The van der Waals surface area contributed by atoms with Crippen molar-refractivity contribution >= 4 is 35.1 Å². The van der Waals surface area contributed by atoms with Crippen LogP contribution in [0.1, 0.15) is 11.1 Å². The Balaban J connectivity index is 1.32. The summed E-state index contributed by atoms with van der Waals surface area (Å²) in [5, 5.41) is 71.7. The fourth-order valence-electron chi connectivity index (χ4n) is 5.46. The minimum absolute atomic E-state index is 0.000756. The van der Waals surface area contributed by atoms with Crippen molar-refractivity contribution in [1.29, 1.82) is 0 Å². The first-order valence-electron chi connectivity index (χ1n) is 16.2. The van der Waals surface area contributed by atoms with Crippen LogP contribution in [0.25, 0.3) is 34.4 Å². The third kappa shape index (κ3) is 8.45. The largest absolute Gasteiger partial charge is 0.508 e. The van der Waals surface area contributed by atoms with Gasteiger partial charge in [0.2, 0.25) is 17.5 Å². The molecule has 7 N–H and O–H groups in total. The Labute approximate surface area is 305 Å². The van der Waals surface area contributed by atoms with Crippen molar-refractivity contribution in [3.63, 3.8) is 0 Å². The zero-order valence-electron chi connectivity index (χ0n) is 27.9. The van der Waals surface area contributed by atoms with Gasteiger partial charge >= 0.3 is 11.9 Å². The van der Waals surface area contributed by atoms with Gasteiger partial charge in [0.05, 0.1) is 0 Å². The first-order chi connectivity index (χ1) is 25.9. The van der Waals surface area contributed by atoms with Crippen LogP contribution >= 0.6 is 0 Å². The van der Waals surface area contributed by atoms with E-state index in [4.69, 9.17) is 23.4 Å². The van der Waals surface area contributed by atoms with Crippen LogP contribution in [0, 0.1) is 0 Å². The number of aliphatic hydroxyl groups is 2. The van der Waals surface area contributed by atoms with E-state index in [1.807, 2.05) is 0 Å². The number of phenols is 5. The summed E-state index contributed by atoms with van der Waals surface area (Å²) in [4.78, 5) is 39.5. The molecule has 4 aromatic carbocycles. The fraction of sp³-hybridized carbons (Fsp3) is 0.154. The first-order valence-corrected chi connectivity index (χ1v) is 16.2. The second kappa shape index (κ2) is 15.8. The smallest absolute Gasteiger partial charge is 0.331 e. The van der Waals surface area contributed by atoms with Gasteiger partial charge in [0.15, 0.2) is 18.0 Å². The molecule has 15 heteroatoms. The van der Waals surface area contributed by atoms with Crippen LogP contribution in [0.5, 0.6) is 34.5 Å². The molecule has 0 bridgehead atoms. The minimum Gasteiger partial charge on any atom is -0.508 e. The average Bonchev–Trinajstić information content (AvgIpc) is 3.14. The Morgan fingerprint density at radius 2 is 1.26 bits per heavy atom. The van der Waals surface area contributed by atoms with Crippen molar-refractivity contribution in [2.24, 2.45) is 0 Å². The van der Waals surface area contributed by atoms with Gasteiger partial charge in [0, 0.05) is 29.8 Å². The van der Waals surface area contributed by atoms with Crippen molar-refractivity contribution in [3.05, 3.63) is 118 Å². The van der Waals surface area contributed by atoms with Gasteiger partial charge in [-0.2, -0.15) is 0 Å². The third-order valence-electron chi connectivity index (χ3n) is 8.18. The molecule has 0 spiro atoms. The number of hydrogen-bond acceptors (Lipinski definition) is 15. The summed E-state index contributed by atoms with van der Waals surface area (Å²) in [6.45, 7) is -0.666. The van der Waals surface area contributed by atoms with Gasteiger partial charge in [-0.15, -0.1) is 0 Å². The van der Waals surface area contributed by atoms with Crippen molar-refractivity contribution < 1.29 is 68.7 Å². The number of ether oxygens (including phenoxy) is 4. The van der Waals surface area contributed by atoms with Crippen LogP contribution in [0.15, 0.2) is 106 Å². The van der Waals surface area contributed by atoms with Crippen LogP contribution in [0.4, 0.5) is 0 Å². The average molecular weight is 741 g/mol. The molecule has 5 aromatic rings. The van der Waals surface area contributed by atoms with Gasteiger partial charge in [0.25, 0.3) is 0 Å². The minimum atomic E-state index is -2.00. The molecule has 0 radical (unpaired) electrons. The van der Waals surface area contributed by atoms with E-state index in [0.717, 1.165) is 24.3 Å². The van der Waals surface area contributed by atoms with Crippen molar-refractivity contribution in [3.8, 4) is 45.8 Å². The maximum atomic E-state index is 13.9. The van der Waals surface area contributed by atoms with Gasteiger partial charge in [0.1, 0.15) is 58.5 Å². The lowest BCUT2D eigenvalue weighted by Gasteiger charge is -2.41. The zero-order chi connectivity index (χ0) is 38.5. The number of aliphatic hydroxyl groups excluding tert-OH is 2. The molecule has 1 fully saturated rings. The predicted octanol–water partition coefficient (Wildman–Crippen LogP) is 3.70. The van der Waals surface area contributed by atoms with Gasteiger partial charge in [-0.3, -0.25) is 4.79 Å². The Hall–Kier alpha value is -6.81. The fourth-order valence-corrected chi connectivity index (χ4v) is 5.46. The standard InChI is InChI=1S/C39H32O15/c40-23-9-1-20(2-10-23)5-15-30(45)50-19-29-33(47)37(53-31(46)16-6-21-3-11-24(41)12-4-21)35(49)39(52-29)54-38-34(48)32-27(44)17-26(43)18-28(32)51-36(38)22-7-13-25(42)14-8-22/h1-18,29,33,35,37,39-44,47,49H,19H2/b15-5+,16-6+/t29-,33-,35-,37+,39+/m1/s1. The van der Waals surface area contributed by atoms with E-state index in [1.54, 1.807) is 12.1 Å². The quantitative estimate of drug-likeness (QED) is 0.0798. The van der Waals surface area contributed by atoms with Crippen LogP contribution < -0.4 is 10.2 Å². The monoisotopic (exact) mass is 740 g/mol. The molecule has 0 saturated carbocycles. The van der Waals surface area contributed by atoms with Crippen LogP contribution in [0.3, 0.4) is 0 Å². The van der Waals surface area contributed by atoms with Crippen LogP contribution in [-0.4, -0.2) is 85.0 Å². The molecule has 54 heavy (non-hydrogen) atoms. The highest BCUT2D eigenvalue weighted by Crippen LogP contribution is 2.38. The number of esters is 2. The molecule has 0 unspecified atom stereocenters. The van der Waals surface area contributed by atoms with E-state index in [0.29, 0.717) is 11.1 Å². The van der Waals surface area contributed by atoms with Crippen molar-refractivity contribution in [1.82, 2.24) is 0 Å². The lowest BCUT2D eigenvalue weighted by molar-refractivity contribution is -0.281. The molecule has 1 saturated heterocycles. The number of carbonyl (C=O) groups is 2. The molecule has 5 atom stereocenters. The van der Waals surface area contributed by atoms with Gasteiger partial charge in [-0.25, -0.2) is 9.59 Å². The van der Waals surface area contributed by atoms with E-state index in [2.05, 4.69) is 0 Å². The van der Waals surface area contributed by atoms with Gasteiger partial charge < -0.3 is 59.1 Å². The van der Waals surface area contributed by atoms with E-state index in [1.165, 1.54) is 72.8 Å². The third-order valence-corrected chi connectivity index (χ3v) is 8.18. The highest BCUT2D eigenvalue weighted by atomic mass is 16.7. The SMILES string of the molecule is O=C(/C=C/c1ccc(O)cc1)OC[C@H]1O[C@@H](Oc2c(-c3ccc(O)cc3)oc3cc(O)cc(O)c3c2=O)[C@H](O)[C@@H](OC(=O)/C=C/c2ccc(O)cc2)[C@@H]1O. The Morgan fingerprint density at radius 1 is 0.704 bits per heavy atom. The van der Waals surface area contributed by atoms with Gasteiger partial charge in [-0.1, -0.05) is 24.3 Å².